The Morgan fingerprint density at radius 2 is 2.07 bits per heavy atom. The Morgan fingerprint density at radius 1 is 1.29 bits per heavy atom. The van der Waals surface area contributed by atoms with Crippen molar-refractivity contribution in [2.45, 2.75) is 58.7 Å². The third-order valence-corrected chi connectivity index (χ3v) is 6.11. The number of imidazole rings is 1. The molecule has 2 amide bonds. The molecule has 0 saturated carbocycles. The van der Waals surface area contributed by atoms with Gasteiger partial charge in [0.15, 0.2) is 5.16 Å². The van der Waals surface area contributed by atoms with Crippen molar-refractivity contribution in [3.05, 3.63) is 35.2 Å². The standard InChI is InChI=1S/C21H28N4O2S/c1-5-6-10-24-15(3)14(2)22-21(24)28-13-20(27)23-18-7-8-19-17(12-18)9-11-25(19)16(4)26/h7-8,12H,5-6,9-11,13H2,1-4H3,(H,23,27). The monoisotopic (exact) mass is 400 g/mol. The lowest BCUT2D eigenvalue weighted by Crippen LogP contribution is -2.25. The summed E-state index contributed by atoms with van der Waals surface area (Å²) in [7, 11) is 0. The Balaban J connectivity index is 1.61. The van der Waals surface area contributed by atoms with E-state index in [9.17, 15) is 9.59 Å². The number of benzene rings is 1. The molecule has 1 N–H and O–H groups in total. The average molecular weight is 401 g/mol. The maximum atomic E-state index is 12.4. The number of carbonyl (C=O) groups is 2. The summed E-state index contributed by atoms with van der Waals surface area (Å²) in [6.07, 6.45) is 3.05. The van der Waals surface area contributed by atoms with Crippen LogP contribution in [0.25, 0.3) is 0 Å². The lowest BCUT2D eigenvalue weighted by atomic mass is 10.1. The summed E-state index contributed by atoms with van der Waals surface area (Å²) in [6.45, 7) is 9.48. The minimum Gasteiger partial charge on any atom is -0.325 e. The van der Waals surface area contributed by atoms with Crippen LogP contribution >= 0.6 is 11.8 Å². The van der Waals surface area contributed by atoms with E-state index in [2.05, 4.69) is 28.7 Å². The van der Waals surface area contributed by atoms with Crippen LogP contribution in [0.3, 0.4) is 0 Å². The Labute approximate surface area is 170 Å². The Hall–Kier alpha value is -2.28. The second-order valence-corrected chi connectivity index (χ2v) is 8.11. The van der Waals surface area contributed by atoms with Gasteiger partial charge in [-0.25, -0.2) is 4.98 Å². The second-order valence-electron chi connectivity index (χ2n) is 7.17. The number of carbonyl (C=O) groups excluding carboxylic acids is 2. The molecule has 3 rings (SSSR count). The van der Waals surface area contributed by atoms with Crippen molar-refractivity contribution >= 4 is 35.0 Å². The fourth-order valence-electron chi connectivity index (χ4n) is 3.45. The molecule has 1 aliphatic heterocycles. The fourth-order valence-corrected chi connectivity index (χ4v) is 4.36. The molecule has 6 nitrogen and oxygen atoms in total. The van der Waals surface area contributed by atoms with Crippen molar-refractivity contribution < 1.29 is 9.59 Å². The zero-order chi connectivity index (χ0) is 20.3. The lowest BCUT2D eigenvalue weighted by molar-refractivity contribution is -0.116. The van der Waals surface area contributed by atoms with Gasteiger partial charge in [-0.1, -0.05) is 25.1 Å². The van der Waals surface area contributed by atoms with Crippen molar-refractivity contribution in [3.63, 3.8) is 0 Å². The van der Waals surface area contributed by atoms with Crippen LogP contribution < -0.4 is 10.2 Å². The van der Waals surface area contributed by atoms with Gasteiger partial charge < -0.3 is 14.8 Å². The molecule has 7 heteroatoms. The van der Waals surface area contributed by atoms with Crippen molar-refractivity contribution in [2.75, 3.05) is 22.5 Å². The summed E-state index contributed by atoms with van der Waals surface area (Å²) < 4.78 is 2.21. The number of amides is 2. The highest BCUT2D eigenvalue weighted by molar-refractivity contribution is 7.99. The minimum absolute atomic E-state index is 0.0493. The van der Waals surface area contributed by atoms with Gasteiger partial charge in [0.1, 0.15) is 0 Å². The molecular formula is C21H28N4O2S. The fraction of sp³-hybridized carbons (Fsp3) is 0.476. The molecule has 1 aliphatic rings. The van der Waals surface area contributed by atoms with Gasteiger partial charge in [0.2, 0.25) is 11.8 Å². The molecule has 0 spiro atoms. The van der Waals surface area contributed by atoms with Crippen molar-refractivity contribution in [1.82, 2.24) is 9.55 Å². The van der Waals surface area contributed by atoms with Gasteiger partial charge in [-0.3, -0.25) is 9.59 Å². The Kier molecular flexibility index (Phi) is 6.44. The van der Waals surface area contributed by atoms with Gasteiger partial charge in [-0.05, 0) is 50.5 Å². The summed E-state index contributed by atoms with van der Waals surface area (Å²) in [5.41, 5.74) is 5.01. The van der Waals surface area contributed by atoms with Crippen LogP contribution in [0.5, 0.6) is 0 Å². The molecule has 28 heavy (non-hydrogen) atoms. The van der Waals surface area contributed by atoms with Gasteiger partial charge in [0.25, 0.3) is 0 Å². The summed E-state index contributed by atoms with van der Waals surface area (Å²) >= 11 is 1.48. The van der Waals surface area contributed by atoms with Crippen molar-refractivity contribution in [1.29, 1.82) is 0 Å². The van der Waals surface area contributed by atoms with Crippen LogP contribution in [0.2, 0.25) is 0 Å². The molecule has 2 heterocycles. The van der Waals surface area contributed by atoms with Gasteiger partial charge >= 0.3 is 0 Å². The van der Waals surface area contributed by atoms with Crippen LogP contribution in [-0.4, -0.2) is 33.7 Å². The quantitative estimate of drug-likeness (QED) is 0.715. The number of fused-ring (bicyclic) bond motifs is 1. The Bertz CT molecular complexity index is 891. The van der Waals surface area contributed by atoms with Gasteiger partial charge in [-0.15, -0.1) is 0 Å². The number of hydrogen-bond donors (Lipinski definition) is 1. The summed E-state index contributed by atoms with van der Waals surface area (Å²) in [4.78, 5) is 30.5. The summed E-state index contributed by atoms with van der Waals surface area (Å²) in [5.74, 6) is 0.321. The zero-order valence-corrected chi connectivity index (χ0v) is 17.9. The van der Waals surface area contributed by atoms with E-state index >= 15 is 0 Å². The van der Waals surface area contributed by atoms with Crippen LogP contribution in [0.15, 0.2) is 23.4 Å². The first-order chi connectivity index (χ1) is 13.4. The van der Waals surface area contributed by atoms with Crippen LogP contribution in [0, 0.1) is 13.8 Å². The highest BCUT2D eigenvalue weighted by Gasteiger charge is 2.22. The first-order valence-electron chi connectivity index (χ1n) is 9.78. The number of nitrogens with zero attached hydrogens (tertiary/aromatic N) is 3. The zero-order valence-electron chi connectivity index (χ0n) is 17.0. The van der Waals surface area contributed by atoms with Crippen molar-refractivity contribution in [2.24, 2.45) is 0 Å². The largest absolute Gasteiger partial charge is 0.325 e. The van der Waals surface area contributed by atoms with E-state index in [1.165, 1.54) is 17.5 Å². The molecule has 0 bridgehead atoms. The minimum atomic E-state index is -0.0493. The van der Waals surface area contributed by atoms with Crippen LogP contribution in [-0.2, 0) is 22.6 Å². The molecule has 1 aromatic carbocycles. The third-order valence-electron chi connectivity index (χ3n) is 5.13. The van der Waals surface area contributed by atoms with E-state index in [1.54, 1.807) is 11.8 Å². The lowest BCUT2D eigenvalue weighted by Gasteiger charge is -2.15. The predicted molar refractivity (Wildman–Crippen MR) is 114 cm³/mol. The number of hydrogen-bond acceptors (Lipinski definition) is 4. The number of aryl methyl sites for hydroxylation is 1. The molecule has 0 radical (unpaired) electrons. The summed E-state index contributed by atoms with van der Waals surface area (Å²) in [6, 6.07) is 5.74. The molecule has 1 aromatic heterocycles. The molecule has 150 valence electrons. The molecule has 0 saturated heterocycles. The Morgan fingerprint density at radius 3 is 2.79 bits per heavy atom. The number of thioether (sulfide) groups is 1. The predicted octanol–water partition coefficient (Wildman–Crippen LogP) is 3.94. The first-order valence-corrected chi connectivity index (χ1v) is 10.8. The molecule has 0 fully saturated rings. The van der Waals surface area contributed by atoms with Crippen LogP contribution in [0.1, 0.15) is 43.6 Å². The molecule has 2 aromatic rings. The SMILES string of the molecule is CCCCn1c(SCC(=O)Nc2ccc3c(c2)CCN3C(C)=O)nc(C)c1C. The number of rotatable bonds is 7. The highest BCUT2D eigenvalue weighted by Crippen LogP contribution is 2.30. The van der Waals surface area contributed by atoms with E-state index < -0.39 is 0 Å². The third kappa shape index (κ3) is 4.41. The molecule has 0 unspecified atom stereocenters. The van der Waals surface area contributed by atoms with E-state index in [-0.39, 0.29) is 11.8 Å². The van der Waals surface area contributed by atoms with E-state index in [4.69, 9.17) is 0 Å². The van der Waals surface area contributed by atoms with Crippen molar-refractivity contribution in [3.8, 4) is 0 Å². The topological polar surface area (TPSA) is 67.2 Å². The molecule has 0 atom stereocenters. The highest BCUT2D eigenvalue weighted by atomic mass is 32.2. The van der Waals surface area contributed by atoms with E-state index in [1.807, 2.05) is 25.1 Å². The summed E-state index contributed by atoms with van der Waals surface area (Å²) in [5, 5.41) is 3.88. The van der Waals surface area contributed by atoms with Crippen LogP contribution in [0.4, 0.5) is 11.4 Å². The maximum absolute atomic E-state index is 12.4. The van der Waals surface area contributed by atoms with Gasteiger partial charge in [0, 0.05) is 37.1 Å². The van der Waals surface area contributed by atoms with E-state index in [0.717, 1.165) is 53.6 Å². The smallest absolute Gasteiger partial charge is 0.234 e. The molecule has 0 aliphatic carbocycles. The normalized spacial score (nSPS) is 12.9. The van der Waals surface area contributed by atoms with Gasteiger partial charge in [0.05, 0.1) is 11.4 Å². The number of anilines is 2. The number of nitrogens with one attached hydrogen (secondary N) is 1. The first kappa shape index (κ1) is 20.5. The average Bonchev–Trinajstić information content (AvgIpc) is 3.19. The number of unbranched alkanes of at least 4 members (excludes halogenated alkanes) is 1. The van der Waals surface area contributed by atoms with E-state index in [0.29, 0.717) is 12.3 Å². The maximum Gasteiger partial charge on any atom is 0.234 e. The second kappa shape index (κ2) is 8.82. The molecular weight excluding hydrogens is 372 g/mol. The number of aromatic nitrogens is 2. The van der Waals surface area contributed by atoms with Gasteiger partial charge in [-0.2, -0.15) is 0 Å².